The second kappa shape index (κ2) is 18.7. The molecule has 13 nitrogen and oxygen atoms in total. The summed E-state index contributed by atoms with van der Waals surface area (Å²) in [7, 11) is 3.43. The van der Waals surface area contributed by atoms with Crippen molar-refractivity contribution in [2.75, 3.05) is 46.9 Å². The molecule has 1 fully saturated rings. The number of piperidine rings is 1. The third-order valence-electron chi connectivity index (χ3n) is 10.0. The van der Waals surface area contributed by atoms with E-state index < -0.39 is 23.6 Å². The number of esters is 1. The number of phenolic OH excluding ortho intramolecular Hbond substituents is 1. The molecule has 5 aromatic rings. The fraction of sp³-hybridized carbons (Fsp3) is 0.326. The number of halogens is 1. The zero-order chi connectivity index (χ0) is 40.5. The van der Waals surface area contributed by atoms with E-state index in [4.69, 9.17) is 25.8 Å². The monoisotopic (exact) mass is 798 g/mol. The first-order valence-corrected chi connectivity index (χ1v) is 19.1. The van der Waals surface area contributed by atoms with Gasteiger partial charge in [-0.3, -0.25) is 9.59 Å². The molecule has 0 bridgehead atoms. The van der Waals surface area contributed by atoms with Crippen molar-refractivity contribution in [2.24, 2.45) is 0 Å². The number of carbonyl (C=O) groups excluding carboxylic acids is 2. The molecular formula is C43H47ClN4O9. The summed E-state index contributed by atoms with van der Waals surface area (Å²) < 4.78 is 17.4. The van der Waals surface area contributed by atoms with Crippen LogP contribution in [0.15, 0.2) is 95.8 Å². The number of benzene rings is 4. The molecule has 300 valence electrons. The molecule has 0 unspecified atom stereocenters. The van der Waals surface area contributed by atoms with Gasteiger partial charge in [0.25, 0.3) is 5.91 Å². The molecule has 3 atom stereocenters. The van der Waals surface area contributed by atoms with Crippen LogP contribution in [0.2, 0.25) is 5.02 Å². The predicted octanol–water partition coefficient (Wildman–Crippen LogP) is 4.79. The smallest absolute Gasteiger partial charge is 0.348 e. The van der Waals surface area contributed by atoms with Gasteiger partial charge in [0, 0.05) is 48.2 Å². The first-order chi connectivity index (χ1) is 27.5. The van der Waals surface area contributed by atoms with Crippen molar-refractivity contribution in [1.82, 2.24) is 20.5 Å². The molecule has 0 radical (unpaired) electrons. The number of amides is 1. The van der Waals surface area contributed by atoms with Crippen molar-refractivity contribution in [3.63, 3.8) is 0 Å². The summed E-state index contributed by atoms with van der Waals surface area (Å²) >= 11 is 6.59. The van der Waals surface area contributed by atoms with Crippen LogP contribution in [-0.4, -0.2) is 90.1 Å². The highest BCUT2D eigenvalue weighted by molar-refractivity contribution is 6.31. The first kappa shape index (κ1) is 41.2. The lowest BCUT2D eigenvalue weighted by Gasteiger charge is -2.33. The van der Waals surface area contributed by atoms with Gasteiger partial charge in [-0.1, -0.05) is 60.1 Å². The largest absolute Gasteiger partial charge is 0.506 e. The van der Waals surface area contributed by atoms with E-state index in [0.29, 0.717) is 57.1 Å². The summed E-state index contributed by atoms with van der Waals surface area (Å²) in [4.78, 5) is 43.3. The Bertz CT molecular complexity index is 2250. The number of aromatic hydroxyl groups is 1. The minimum Gasteiger partial charge on any atom is -0.506 e. The van der Waals surface area contributed by atoms with Crippen molar-refractivity contribution in [2.45, 2.75) is 43.6 Å². The van der Waals surface area contributed by atoms with Gasteiger partial charge in [-0.05, 0) is 85.9 Å². The molecule has 0 saturated carbocycles. The number of carbonyl (C=O) groups is 2. The van der Waals surface area contributed by atoms with Crippen molar-refractivity contribution < 1.29 is 39.1 Å². The maximum Gasteiger partial charge on any atom is 0.348 e. The zero-order valence-corrected chi connectivity index (χ0v) is 32.6. The van der Waals surface area contributed by atoms with E-state index in [1.807, 2.05) is 13.1 Å². The molecule has 0 aliphatic carbocycles. The summed E-state index contributed by atoms with van der Waals surface area (Å²) in [5.74, 6) is -0.472. The van der Waals surface area contributed by atoms with E-state index in [9.17, 15) is 29.7 Å². The molecule has 0 spiro atoms. The molecule has 14 heteroatoms. The van der Waals surface area contributed by atoms with Crippen molar-refractivity contribution in [3.05, 3.63) is 134 Å². The third-order valence-corrected chi connectivity index (χ3v) is 10.4. The number of hydrogen-bond donors (Lipinski definition) is 6. The van der Waals surface area contributed by atoms with Crippen LogP contribution in [-0.2, 0) is 21.7 Å². The number of aliphatic hydroxyl groups is 2. The molecule has 2 heterocycles. The number of pyridine rings is 1. The number of likely N-dealkylation sites (N-methyl/N-ethyl adjacent to an activating group) is 1. The van der Waals surface area contributed by atoms with E-state index in [1.54, 1.807) is 66.7 Å². The van der Waals surface area contributed by atoms with Gasteiger partial charge in [-0.25, -0.2) is 4.79 Å². The van der Waals surface area contributed by atoms with Gasteiger partial charge in [0.2, 0.25) is 11.2 Å². The summed E-state index contributed by atoms with van der Waals surface area (Å²) in [6, 6.07) is 24.5. The number of aromatic nitrogens is 1. The van der Waals surface area contributed by atoms with E-state index in [0.717, 1.165) is 19.4 Å². The molecule has 6 rings (SSSR count). The number of ether oxygens (including phenoxy) is 3. The Morgan fingerprint density at radius 2 is 1.82 bits per heavy atom. The van der Waals surface area contributed by atoms with Gasteiger partial charge in [-0.2, -0.15) is 0 Å². The Balaban J connectivity index is 1.02. The lowest BCUT2D eigenvalue weighted by molar-refractivity contribution is -0.170. The van der Waals surface area contributed by atoms with Gasteiger partial charge < -0.3 is 50.0 Å². The van der Waals surface area contributed by atoms with E-state index in [2.05, 4.69) is 20.5 Å². The minimum absolute atomic E-state index is 0.0951. The van der Waals surface area contributed by atoms with Crippen molar-refractivity contribution in [3.8, 4) is 17.2 Å². The molecular weight excluding hydrogens is 752 g/mol. The fourth-order valence-corrected chi connectivity index (χ4v) is 7.21. The van der Waals surface area contributed by atoms with Crippen LogP contribution in [0.1, 0.15) is 58.0 Å². The average Bonchev–Trinajstić information content (AvgIpc) is 3.21. The molecule has 1 saturated heterocycles. The number of methoxy groups -OCH3 is 1. The first-order valence-electron chi connectivity index (χ1n) is 18.8. The highest BCUT2D eigenvalue weighted by Crippen LogP contribution is 2.35. The summed E-state index contributed by atoms with van der Waals surface area (Å²) in [5.41, 5.74) is -0.0574. The number of fused-ring (bicyclic) bond motifs is 1. The fourth-order valence-electron chi connectivity index (χ4n) is 6.98. The Morgan fingerprint density at radius 3 is 2.60 bits per heavy atom. The minimum atomic E-state index is -2.05. The van der Waals surface area contributed by atoms with Crippen LogP contribution < -0.4 is 25.7 Å². The molecule has 6 N–H and O–H groups in total. The van der Waals surface area contributed by atoms with Crippen molar-refractivity contribution in [1.29, 1.82) is 0 Å². The molecule has 57 heavy (non-hydrogen) atoms. The Hall–Kier alpha value is -5.44. The Kier molecular flexibility index (Phi) is 13.5. The van der Waals surface area contributed by atoms with Gasteiger partial charge in [0.15, 0.2) is 0 Å². The lowest BCUT2D eigenvalue weighted by atomic mass is 9.86. The van der Waals surface area contributed by atoms with Gasteiger partial charge >= 0.3 is 5.97 Å². The number of aromatic amines is 1. The third kappa shape index (κ3) is 9.75. The number of nitrogens with zero attached hydrogens (tertiary/aromatic N) is 1. The summed E-state index contributed by atoms with van der Waals surface area (Å²) in [6.07, 6.45) is 0.781. The van der Waals surface area contributed by atoms with Crippen LogP contribution in [0.4, 0.5) is 0 Å². The highest BCUT2D eigenvalue weighted by Gasteiger charge is 2.43. The van der Waals surface area contributed by atoms with Crippen LogP contribution in [0.3, 0.4) is 0 Å². The van der Waals surface area contributed by atoms with Crippen molar-refractivity contribution >= 4 is 34.4 Å². The van der Waals surface area contributed by atoms with Crippen LogP contribution in [0, 0.1) is 0 Å². The predicted molar refractivity (Wildman–Crippen MR) is 216 cm³/mol. The quantitative estimate of drug-likeness (QED) is 0.0597. The topological polar surface area (TPSA) is 183 Å². The molecule has 4 aromatic carbocycles. The van der Waals surface area contributed by atoms with E-state index in [1.165, 1.54) is 25.3 Å². The van der Waals surface area contributed by atoms with E-state index >= 15 is 0 Å². The Labute approximate surface area is 335 Å². The normalized spacial score (nSPS) is 16.1. The maximum atomic E-state index is 13.7. The lowest BCUT2D eigenvalue weighted by Crippen LogP contribution is -2.44. The van der Waals surface area contributed by atoms with Crippen LogP contribution in [0.25, 0.3) is 10.9 Å². The van der Waals surface area contributed by atoms with Crippen LogP contribution in [0.5, 0.6) is 17.2 Å². The number of nitrogens with one attached hydrogen (secondary N) is 3. The van der Waals surface area contributed by atoms with E-state index in [-0.39, 0.29) is 54.7 Å². The maximum absolute atomic E-state index is 13.7. The zero-order valence-electron chi connectivity index (χ0n) is 31.8. The highest BCUT2D eigenvalue weighted by atomic mass is 35.5. The second-order valence-corrected chi connectivity index (χ2v) is 14.5. The number of hydrogen-bond acceptors (Lipinski definition) is 11. The molecule has 1 amide bonds. The molecule has 1 aromatic heterocycles. The molecule has 1 aliphatic rings. The second-order valence-electron chi connectivity index (χ2n) is 14.1. The number of likely N-dealkylation sites (tertiary alicyclic amines) is 1. The number of H-pyrrole nitrogens is 1. The Morgan fingerprint density at radius 1 is 1.04 bits per heavy atom. The average molecular weight is 799 g/mol. The standard InChI is InChI=1S/C43H47ClN4O9/c1-48-19-7-13-31(26-48)57-42(53)43(54,28-9-4-3-5-10-28)29-11-6-12-30(22-29)56-20-8-18-46-41(52)34-23-35(44)27(21-38(34)55-2)24-45-25-37(50)32-14-16-36(49)40-33(32)15-17-39(51)47-40/h3-6,9-12,14-17,21-23,31,37,45,49-50,54H,7-8,13,18-20,24-26H2,1-2H3,(H,46,52)(H,47,51)/t31-,37+,43+/m1/s1. The summed E-state index contributed by atoms with van der Waals surface area (Å²) in [5, 5.41) is 39.9. The van der Waals surface area contributed by atoms with Crippen LogP contribution >= 0.6 is 11.6 Å². The number of phenols is 1. The van der Waals surface area contributed by atoms with Gasteiger partial charge in [-0.15, -0.1) is 0 Å². The number of rotatable bonds is 16. The van der Waals surface area contributed by atoms with Gasteiger partial charge in [0.1, 0.15) is 23.4 Å². The molecule has 1 aliphatic heterocycles. The number of aliphatic hydroxyl groups excluding tert-OH is 1. The SMILES string of the molecule is COc1cc(CNC[C@H](O)c2ccc(O)c3[nH]c(=O)ccc23)c(Cl)cc1C(=O)NCCCOc1cccc([C@](O)(C(=O)O[C@@H]2CCCN(C)C2)c2ccccc2)c1. The van der Waals surface area contributed by atoms with Gasteiger partial charge in [0.05, 0.1) is 30.9 Å². The summed E-state index contributed by atoms with van der Waals surface area (Å²) in [6.45, 7) is 2.42.